The molecule has 23 heavy (non-hydrogen) atoms. The number of imide groups is 1. The molecule has 0 aromatic heterocycles. The van der Waals surface area contributed by atoms with Crippen LogP contribution in [0.4, 0.5) is 0 Å². The molecule has 1 atom stereocenters. The smallest absolute Gasteiger partial charge is 0.234 e. The van der Waals surface area contributed by atoms with E-state index in [9.17, 15) is 14.4 Å². The van der Waals surface area contributed by atoms with Crippen molar-refractivity contribution in [2.75, 3.05) is 0 Å². The van der Waals surface area contributed by atoms with Crippen LogP contribution in [0.1, 0.15) is 43.2 Å². The van der Waals surface area contributed by atoms with Crippen LogP contribution in [-0.4, -0.2) is 23.8 Å². The summed E-state index contributed by atoms with van der Waals surface area (Å²) >= 11 is 0. The van der Waals surface area contributed by atoms with Gasteiger partial charge in [0.25, 0.3) is 0 Å². The normalized spacial score (nSPS) is 11.7. The van der Waals surface area contributed by atoms with Gasteiger partial charge in [-0.3, -0.25) is 19.7 Å². The number of nitrogens with one attached hydrogen (secondary N) is 1. The fraction of sp³-hybridized carbons (Fsp3) is 0.471. The summed E-state index contributed by atoms with van der Waals surface area (Å²) in [5, 5.41) is 2.34. The van der Waals surface area contributed by atoms with E-state index in [1.54, 1.807) is 0 Å². The van der Waals surface area contributed by atoms with Crippen LogP contribution in [0.2, 0.25) is 0 Å². The molecule has 6 heteroatoms. The highest BCUT2D eigenvalue weighted by molar-refractivity contribution is 5.95. The number of amides is 3. The molecule has 1 aromatic carbocycles. The third-order valence-electron chi connectivity index (χ3n) is 3.55. The maximum absolute atomic E-state index is 11.7. The van der Waals surface area contributed by atoms with Crippen LogP contribution in [0.15, 0.2) is 24.3 Å². The van der Waals surface area contributed by atoms with Crippen LogP contribution in [0, 0.1) is 6.92 Å². The van der Waals surface area contributed by atoms with Crippen molar-refractivity contribution < 1.29 is 14.4 Å². The minimum absolute atomic E-state index is 0.157. The Hall–Kier alpha value is -2.21. The number of primary amides is 1. The third-order valence-corrected chi connectivity index (χ3v) is 3.55. The lowest BCUT2D eigenvalue weighted by Crippen LogP contribution is -2.36. The summed E-state index contributed by atoms with van der Waals surface area (Å²) in [6, 6.07) is 7.42. The number of benzene rings is 1. The molecule has 0 fully saturated rings. The van der Waals surface area contributed by atoms with Gasteiger partial charge in [0.05, 0.1) is 6.04 Å². The highest BCUT2D eigenvalue weighted by Gasteiger charge is 2.11. The molecule has 0 aliphatic heterocycles. The minimum Gasteiger partial charge on any atom is -0.368 e. The molecular weight excluding hydrogens is 294 g/mol. The zero-order chi connectivity index (χ0) is 17.2. The van der Waals surface area contributed by atoms with Crippen molar-refractivity contribution in [3.63, 3.8) is 0 Å². The summed E-state index contributed by atoms with van der Waals surface area (Å²) in [6.45, 7) is 2.03. The van der Waals surface area contributed by atoms with Crippen LogP contribution in [0.5, 0.6) is 0 Å². The number of carbonyl (C=O) groups is 3. The van der Waals surface area contributed by atoms with E-state index >= 15 is 0 Å². The summed E-state index contributed by atoms with van der Waals surface area (Å²) in [4.78, 5) is 34.0. The first-order chi connectivity index (χ1) is 10.9. The predicted octanol–water partition coefficient (Wildman–Crippen LogP) is 0.943. The average Bonchev–Trinajstić information content (AvgIpc) is 2.49. The van der Waals surface area contributed by atoms with E-state index in [2.05, 4.69) is 5.32 Å². The van der Waals surface area contributed by atoms with Crippen LogP contribution in [0.3, 0.4) is 0 Å². The van der Waals surface area contributed by atoms with E-state index < -0.39 is 11.9 Å². The molecule has 0 radical (unpaired) electrons. The second-order valence-electron chi connectivity index (χ2n) is 5.71. The average molecular weight is 319 g/mol. The zero-order valence-corrected chi connectivity index (χ0v) is 13.5. The Morgan fingerprint density at radius 2 is 1.61 bits per heavy atom. The van der Waals surface area contributed by atoms with Gasteiger partial charge < -0.3 is 11.5 Å². The van der Waals surface area contributed by atoms with Gasteiger partial charge in [-0.25, -0.2) is 0 Å². The van der Waals surface area contributed by atoms with Crippen molar-refractivity contribution in [1.29, 1.82) is 0 Å². The van der Waals surface area contributed by atoms with E-state index in [4.69, 9.17) is 11.5 Å². The molecule has 1 aromatic rings. The Kier molecular flexibility index (Phi) is 7.97. The summed E-state index contributed by atoms with van der Waals surface area (Å²) in [5.41, 5.74) is 12.9. The summed E-state index contributed by atoms with van der Waals surface area (Å²) in [7, 11) is 0. The Morgan fingerprint density at radius 3 is 2.17 bits per heavy atom. The van der Waals surface area contributed by atoms with Crippen molar-refractivity contribution in [1.82, 2.24) is 5.32 Å². The Morgan fingerprint density at radius 1 is 1.04 bits per heavy atom. The fourth-order valence-electron chi connectivity index (χ4n) is 2.11. The molecular formula is C17H25N3O3. The van der Waals surface area contributed by atoms with Gasteiger partial charge in [0.15, 0.2) is 0 Å². The highest BCUT2D eigenvalue weighted by Crippen LogP contribution is 2.07. The third kappa shape index (κ3) is 8.11. The number of aryl methyl sites for hydroxylation is 2. The number of hydrogen-bond donors (Lipinski definition) is 3. The van der Waals surface area contributed by atoms with Crippen LogP contribution in [-0.2, 0) is 20.8 Å². The molecule has 0 aliphatic rings. The van der Waals surface area contributed by atoms with Gasteiger partial charge >= 0.3 is 0 Å². The van der Waals surface area contributed by atoms with E-state index in [1.807, 2.05) is 31.2 Å². The Labute approximate surface area is 136 Å². The first kappa shape index (κ1) is 18.8. The largest absolute Gasteiger partial charge is 0.368 e. The lowest BCUT2D eigenvalue weighted by Gasteiger charge is -2.07. The molecule has 0 heterocycles. The fourth-order valence-corrected chi connectivity index (χ4v) is 2.11. The monoisotopic (exact) mass is 319 g/mol. The van der Waals surface area contributed by atoms with Gasteiger partial charge in [-0.1, -0.05) is 29.8 Å². The van der Waals surface area contributed by atoms with Gasteiger partial charge in [-0.2, -0.15) is 0 Å². The summed E-state index contributed by atoms with van der Waals surface area (Å²) < 4.78 is 0. The molecule has 3 amide bonds. The molecule has 5 N–H and O–H groups in total. The van der Waals surface area contributed by atoms with Crippen LogP contribution < -0.4 is 16.8 Å². The number of rotatable bonds is 9. The lowest BCUT2D eigenvalue weighted by atomic mass is 10.1. The van der Waals surface area contributed by atoms with Crippen LogP contribution in [0.25, 0.3) is 0 Å². The second-order valence-corrected chi connectivity index (χ2v) is 5.71. The second kappa shape index (κ2) is 9.74. The lowest BCUT2D eigenvalue weighted by molar-refractivity contribution is -0.130. The van der Waals surface area contributed by atoms with E-state index in [0.717, 1.165) is 6.42 Å². The Bertz CT molecular complexity index is 541. The quantitative estimate of drug-likeness (QED) is 0.628. The summed E-state index contributed by atoms with van der Waals surface area (Å²) in [6.07, 6.45) is 2.71. The first-order valence-electron chi connectivity index (χ1n) is 7.81. The zero-order valence-electron chi connectivity index (χ0n) is 13.5. The van der Waals surface area contributed by atoms with Gasteiger partial charge in [-0.05, 0) is 38.2 Å². The van der Waals surface area contributed by atoms with Crippen molar-refractivity contribution >= 4 is 17.7 Å². The molecule has 0 spiro atoms. The van der Waals surface area contributed by atoms with Gasteiger partial charge in [0, 0.05) is 12.8 Å². The minimum atomic E-state index is -0.743. The molecule has 0 aliphatic carbocycles. The van der Waals surface area contributed by atoms with Gasteiger partial charge in [0.2, 0.25) is 17.7 Å². The van der Waals surface area contributed by atoms with Gasteiger partial charge in [-0.15, -0.1) is 0 Å². The number of nitrogens with two attached hydrogens (primary N) is 2. The molecule has 0 bridgehead atoms. The van der Waals surface area contributed by atoms with Crippen molar-refractivity contribution in [3.8, 4) is 0 Å². The predicted molar refractivity (Wildman–Crippen MR) is 88.3 cm³/mol. The summed E-state index contributed by atoms with van der Waals surface area (Å²) in [5.74, 6) is -1.21. The van der Waals surface area contributed by atoms with Gasteiger partial charge in [0.1, 0.15) is 0 Å². The molecule has 1 rings (SSSR count). The van der Waals surface area contributed by atoms with Crippen molar-refractivity contribution in [3.05, 3.63) is 35.4 Å². The Balaban J connectivity index is 2.16. The standard InChI is InChI=1S/C17H25N3O3/c1-12-8-10-13(11-9-12)4-2-6-15(21)20-16(22)7-3-5-14(18)17(19)23/h8-11,14H,2-7,18H2,1H3,(H2,19,23)(H,20,21,22). The molecule has 0 saturated carbocycles. The SMILES string of the molecule is Cc1ccc(CCCC(=O)NC(=O)CCCC(N)C(N)=O)cc1. The molecule has 0 saturated heterocycles. The van der Waals surface area contributed by atoms with E-state index in [1.165, 1.54) is 11.1 Å². The first-order valence-corrected chi connectivity index (χ1v) is 7.81. The molecule has 126 valence electrons. The maximum Gasteiger partial charge on any atom is 0.234 e. The van der Waals surface area contributed by atoms with E-state index in [0.29, 0.717) is 25.7 Å². The number of hydrogen-bond acceptors (Lipinski definition) is 4. The maximum atomic E-state index is 11.7. The number of carbonyl (C=O) groups excluding carboxylic acids is 3. The van der Waals surface area contributed by atoms with Crippen LogP contribution >= 0.6 is 0 Å². The van der Waals surface area contributed by atoms with Crippen molar-refractivity contribution in [2.45, 2.75) is 51.5 Å². The molecule has 6 nitrogen and oxygen atoms in total. The van der Waals surface area contributed by atoms with E-state index in [-0.39, 0.29) is 18.2 Å². The molecule has 1 unspecified atom stereocenters. The van der Waals surface area contributed by atoms with Crippen molar-refractivity contribution in [2.24, 2.45) is 11.5 Å². The topological polar surface area (TPSA) is 115 Å². The highest BCUT2D eigenvalue weighted by atomic mass is 16.2.